The first kappa shape index (κ1) is 17.5. The Kier molecular flexibility index (Phi) is 4.64. The summed E-state index contributed by atoms with van der Waals surface area (Å²) in [5.74, 6) is -4.40. The van der Waals surface area contributed by atoms with Gasteiger partial charge >= 0.3 is 5.69 Å². The lowest BCUT2D eigenvalue weighted by Crippen LogP contribution is -2.11. The molecule has 7 nitrogen and oxygen atoms in total. The first-order valence-electron chi connectivity index (χ1n) is 6.15. The maximum Gasteiger partial charge on any atom is 0.308 e. The van der Waals surface area contributed by atoms with E-state index in [1.54, 1.807) is 0 Å². The topological polar surface area (TPSA) is 98.5 Å². The molecule has 2 aromatic carbocycles. The van der Waals surface area contributed by atoms with Crippen molar-refractivity contribution in [3.05, 3.63) is 57.9 Å². The molecule has 0 aliphatic heterocycles. The molecule has 0 aromatic heterocycles. The Morgan fingerprint density at radius 1 is 1.08 bits per heavy atom. The highest BCUT2D eigenvalue weighted by atomic mass is 32.2. The molecule has 0 aliphatic rings. The van der Waals surface area contributed by atoms with E-state index in [1.807, 2.05) is 4.72 Å². The molecule has 0 spiro atoms. The van der Waals surface area contributed by atoms with Crippen LogP contribution >= 0.6 is 0 Å². The van der Waals surface area contributed by atoms with Crippen LogP contribution in [0, 0.1) is 27.6 Å². The van der Waals surface area contributed by atoms with Gasteiger partial charge in [-0.05, 0) is 12.1 Å². The Morgan fingerprint density at radius 3 is 2.29 bits per heavy atom. The van der Waals surface area contributed by atoms with E-state index in [0.29, 0.717) is 18.2 Å². The second-order valence-corrected chi connectivity index (χ2v) is 6.36. The number of nitrogens with zero attached hydrogens (tertiary/aromatic N) is 1. The summed E-state index contributed by atoms with van der Waals surface area (Å²) in [4.78, 5) is 9.72. The highest BCUT2D eigenvalue weighted by molar-refractivity contribution is 7.92. The minimum absolute atomic E-state index is 0.482. The predicted octanol–water partition coefficient (Wildman–Crippen LogP) is 3.18. The van der Waals surface area contributed by atoms with E-state index in [2.05, 4.69) is 0 Å². The molecule has 0 fully saturated rings. The molecule has 0 bridgehead atoms. The quantitative estimate of drug-likeness (QED) is 0.651. The summed E-state index contributed by atoms with van der Waals surface area (Å²) < 4.78 is 69.7. The zero-order valence-electron chi connectivity index (χ0n) is 11.9. The summed E-state index contributed by atoms with van der Waals surface area (Å²) >= 11 is 0. The Hall–Kier alpha value is -2.82. The van der Waals surface area contributed by atoms with Crippen LogP contribution in [0.5, 0.6) is 11.5 Å². The lowest BCUT2D eigenvalue weighted by atomic mass is 10.2. The van der Waals surface area contributed by atoms with Crippen LogP contribution in [0.4, 0.5) is 24.5 Å². The van der Waals surface area contributed by atoms with Crippen molar-refractivity contribution in [3.8, 4) is 11.5 Å². The van der Waals surface area contributed by atoms with Crippen molar-refractivity contribution in [2.45, 2.75) is 0 Å². The average molecular weight is 362 g/mol. The van der Waals surface area contributed by atoms with Crippen molar-refractivity contribution in [3.63, 3.8) is 0 Å². The standard InChI is InChI=1S/C13H9F3N2O5S/c1-24(21,22)17-10-5-8(15)11(18(19)20)6-13(10)23-12-3-2-7(14)4-9(12)16/h2-6,17H,1H3. The largest absolute Gasteiger partial charge is 0.452 e. The number of ether oxygens (including phenoxy) is 1. The van der Waals surface area contributed by atoms with Gasteiger partial charge in [0.2, 0.25) is 15.8 Å². The van der Waals surface area contributed by atoms with Gasteiger partial charge in [-0.1, -0.05) is 0 Å². The van der Waals surface area contributed by atoms with Crippen LogP contribution in [-0.4, -0.2) is 19.6 Å². The van der Waals surface area contributed by atoms with Crippen LogP contribution in [0.2, 0.25) is 0 Å². The fourth-order valence-corrected chi connectivity index (χ4v) is 2.28. The molecule has 0 radical (unpaired) electrons. The van der Waals surface area contributed by atoms with E-state index in [1.165, 1.54) is 0 Å². The van der Waals surface area contributed by atoms with E-state index < -0.39 is 55.3 Å². The molecule has 0 aliphatic carbocycles. The number of hydrogen-bond acceptors (Lipinski definition) is 5. The molecule has 11 heteroatoms. The fraction of sp³-hybridized carbons (Fsp3) is 0.0769. The van der Waals surface area contributed by atoms with Crippen LogP contribution in [-0.2, 0) is 10.0 Å². The molecule has 0 unspecified atom stereocenters. The molecule has 1 N–H and O–H groups in total. The zero-order chi connectivity index (χ0) is 18.1. The van der Waals surface area contributed by atoms with Crippen LogP contribution < -0.4 is 9.46 Å². The molecule has 0 amide bonds. The van der Waals surface area contributed by atoms with Gasteiger partial charge in [-0.2, -0.15) is 4.39 Å². The molecular weight excluding hydrogens is 353 g/mol. The first-order valence-corrected chi connectivity index (χ1v) is 8.04. The van der Waals surface area contributed by atoms with Gasteiger partial charge in [0, 0.05) is 12.1 Å². The molecule has 0 saturated heterocycles. The van der Waals surface area contributed by atoms with E-state index >= 15 is 0 Å². The highest BCUT2D eigenvalue weighted by Crippen LogP contribution is 2.36. The molecule has 2 rings (SSSR count). The van der Waals surface area contributed by atoms with E-state index in [0.717, 1.165) is 18.4 Å². The van der Waals surface area contributed by atoms with Crippen molar-refractivity contribution in [2.24, 2.45) is 0 Å². The second-order valence-electron chi connectivity index (χ2n) is 4.61. The number of benzene rings is 2. The van der Waals surface area contributed by atoms with Gasteiger partial charge in [-0.15, -0.1) is 0 Å². The molecule has 0 heterocycles. The first-order chi connectivity index (χ1) is 11.1. The third kappa shape index (κ3) is 4.13. The normalized spacial score (nSPS) is 11.2. The monoisotopic (exact) mass is 362 g/mol. The van der Waals surface area contributed by atoms with Crippen molar-refractivity contribution >= 4 is 21.4 Å². The summed E-state index contributed by atoms with van der Waals surface area (Å²) in [7, 11) is -3.88. The Bertz CT molecular complexity index is 918. The number of nitro benzene ring substituents is 1. The Balaban J connectivity index is 2.56. The SMILES string of the molecule is CS(=O)(=O)Nc1cc(F)c([N+](=O)[O-])cc1Oc1ccc(F)cc1F. The number of sulfonamides is 1. The van der Waals surface area contributed by atoms with Crippen molar-refractivity contribution in [2.75, 3.05) is 11.0 Å². The third-order valence-corrected chi connectivity index (χ3v) is 3.25. The summed E-state index contributed by atoms with van der Waals surface area (Å²) in [5.41, 5.74) is -1.49. The molecule has 24 heavy (non-hydrogen) atoms. The number of rotatable bonds is 5. The maximum atomic E-state index is 13.7. The zero-order valence-corrected chi connectivity index (χ0v) is 12.7. The molecule has 128 valence electrons. The lowest BCUT2D eigenvalue weighted by Gasteiger charge is -2.13. The van der Waals surface area contributed by atoms with Crippen molar-refractivity contribution < 1.29 is 31.2 Å². The number of hydrogen-bond donors (Lipinski definition) is 1. The van der Waals surface area contributed by atoms with E-state index in [-0.39, 0.29) is 0 Å². The summed E-state index contributed by atoms with van der Waals surface area (Å²) in [6.45, 7) is 0. The lowest BCUT2D eigenvalue weighted by molar-refractivity contribution is -0.387. The molecule has 0 atom stereocenters. The molecule has 0 saturated carbocycles. The van der Waals surface area contributed by atoms with Gasteiger partial charge in [-0.3, -0.25) is 14.8 Å². The Morgan fingerprint density at radius 2 is 1.75 bits per heavy atom. The Labute approximate surface area is 133 Å². The maximum absolute atomic E-state index is 13.7. The molecule has 2 aromatic rings. The fourth-order valence-electron chi connectivity index (χ4n) is 1.72. The van der Waals surface area contributed by atoms with E-state index in [4.69, 9.17) is 4.74 Å². The van der Waals surface area contributed by atoms with E-state index in [9.17, 15) is 31.7 Å². The number of halogens is 3. The summed E-state index contributed by atoms with van der Waals surface area (Å²) in [6, 6.07) is 3.36. The van der Waals surface area contributed by atoms with Crippen molar-refractivity contribution in [1.29, 1.82) is 0 Å². The van der Waals surface area contributed by atoms with Crippen LogP contribution in [0.15, 0.2) is 30.3 Å². The highest BCUT2D eigenvalue weighted by Gasteiger charge is 2.22. The van der Waals surface area contributed by atoms with Crippen LogP contribution in [0.3, 0.4) is 0 Å². The smallest absolute Gasteiger partial charge is 0.308 e. The summed E-state index contributed by atoms with van der Waals surface area (Å²) in [5, 5.41) is 10.8. The van der Waals surface area contributed by atoms with Crippen LogP contribution in [0.1, 0.15) is 0 Å². The van der Waals surface area contributed by atoms with Gasteiger partial charge in [0.15, 0.2) is 17.3 Å². The number of nitrogens with one attached hydrogen (secondary N) is 1. The summed E-state index contributed by atoms with van der Waals surface area (Å²) in [6.07, 6.45) is 0.759. The van der Waals surface area contributed by atoms with Gasteiger partial charge in [0.05, 0.1) is 22.9 Å². The van der Waals surface area contributed by atoms with Gasteiger partial charge in [-0.25, -0.2) is 17.2 Å². The van der Waals surface area contributed by atoms with Crippen LogP contribution in [0.25, 0.3) is 0 Å². The number of nitro groups is 1. The van der Waals surface area contributed by atoms with Gasteiger partial charge in [0.1, 0.15) is 5.82 Å². The third-order valence-electron chi connectivity index (χ3n) is 2.65. The number of anilines is 1. The minimum Gasteiger partial charge on any atom is -0.452 e. The predicted molar refractivity (Wildman–Crippen MR) is 78.0 cm³/mol. The average Bonchev–Trinajstić information content (AvgIpc) is 2.42. The minimum atomic E-state index is -3.88. The van der Waals surface area contributed by atoms with Gasteiger partial charge in [0.25, 0.3) is 0 Å². The van der Waals surface area contributed by atoms with Crippen molar-refractivity contribution in [1.82, 2.24) is 0 Å². The molecular formula is C13H9F3N2O5S. The van der Waals surface area contributed by atoms with Gasteiger partial charge < -0.3 is 4.74 Å². The second kappa shape index (κ2) is 6.35.